The van der Waals surface area contributed by atoms with E-state index in [4.69, 9.17) is 20.2 Å². The van der Waals surface area contributed by atoms with E-state index in [0.717, 1.165) is 18.9 Å². The molecule has 4 aromatic rings. The van der Waals surface area contributed by atoms with Gasteiger partial charge in [-0.2, -0.15) is 0 Å². The van der Waals surface area contributed by atoms with Gasteiger partial charge in [0.25, 0.3) is 0 Å². The monoisotopic (exact) mass is 444 g/mol. The van der Waals surface area contributed by atoms with Crippen molar-refractivity contribution in [2.24, 2.45) is 5.73 Å². The van der Waals surface area contributed by atoms with E-state index >= 15 is 0 Å². The van der Waals surface area contributed by atoms with E-state index in [1.807, 2.05) is 0 Å². The zero-order valence-corrected chi connectivity index (χ0v) is 17.7. The molecule has 2 N–H and O–H groups in total. The summed E-state index contributed by atoms with van der Waals surface area (Å²) in [6, 6.07) is 16.6. The Labute approximate surface area is 189 Å². The van der Waals surface area contributed by atoms with E-state index in [1.54, 1.807) is 60.8 Å². The van der Waals surface area contributed by atoms with Gasteiger partial charge in [0.2, 0.25) is 5.91 Å². The summed E-state index contributed by atoms with van der Waals surface area (Å²) in [6.45, 7) is 2.80. The molecule has 1 aliphatic heterocycles. The molecule has 1 aromatic heterocycles. The molecule has 0 atom stereocenters. The second-order valence-electron chi connectivity index (χ2n) is 7.64. The highest BCUT2D eigenvalue weighted by Crippen LogP contribution is 2.32. The highest BCUT2D eigenvalue weighted by molar-refractivity contribution is 5.99. The first-order valence-electron chi connectivity index (χ1n) is 10.5. The molecule has 1 aliphatic rings. The van der Waals surface area contributed by atoms with Gasteiger partial charge in [-0.25, -0.2) is 9.37 Å². The Kier molecular flexibility index (Phi) is 5.58. The first kappa shape index (κ1) is 20.8. The van der Waals surface area contributed by atoms with Crippen LogP contribution in [0.5, 0.6) is 11.5 Å². The molecule has 0 spiro atoms. The molecule has 5 rings (SSSR count). The van der Waals surface area contributed by atoms with Crippen LogP contribution in [-0.2, 0) is 4.74 Å². The van der Waals surface area contributed by atoms with Crippen LogP contribution >= 0.6 is 0 Å². The third kappa shape index (κ3) is 4.33. The van der Waals surface area contributed by atoms with Crippen molar-refractivity contribution in [1.29, 1.82) is 0 Å². The van der Waals surface area contributed by atoms with Crippen molar-refractivity contribution in [3.05, 3.63) is 78.2 Å². The molecule has 1 fully saturated rings. The Hall–Kier alpha value is -4.04. The van der Waals surface area contributed by atoms with Crippen molar-refractivity contribution in [2.75, 3.05) is 31.2 Å². The van der Waals surface area contributed by atoms with Crippen LogP contribution in [-0.4, -0.2) is 42.2 Å². The molecule has 0 unspecified atom stereocenters. The molecule has 0 radical (unpaired) electrons. The van der Waals surface area contributed by atoms with Gasteiger partial charge in [-0.05, 0) is 41.5 Å². The van der Waals surface area contributed by atoms with Crippen LogP contribution in [0.2, 0.25) is 0 Å². The fourth-order valence-electron chi connectivity index (χ4n) is 3.82. The lowest BCUT2D eigenvalue weighted by molar-refractivity contribution is 0.100. The van der Waals surface area contributed by atoms with E-state index in [2.05, 4.69) is 9.88 Å². The van der Waals surface area contributed by atoms with Crippen LogP contribution in [0.4, 0.5) is 10.2 Å². The molecule has 8 heteroatoms. The van der Waals surface area contributed by atoms with Crippen LogP contribution in [0.15, 0.2) is 66.9 Å². The van der Waals surface area contributed by atoms with E-state index in [-0.39, 0.29) is 5.75 Å². The molecule has 166 valence electrons. The maximum absolute atomic E-state index is 14.6. The van der Waals surface area contributed by atoms with Gasteiger partial charge in [0, 0.05) is 24.7 Å². The summed E-state index contributed by atoms with van der Waals surface area (Å²) in [6.07, 6.45) is 1.74. The van der Waals surface area contributed by atoms with Crippen molar-refractivity contribution >= 4 is 22.8 Å². The minimum absolute atomic E-state index is 0.0309. The zero-order valence-electron chi connectivity index (χ0n) is 17.7. The maximum Gasteiger partial charge on any atom is 0.249 e. The predicted octanol–water partition coefficient (Wildman–Crippen LogP) is 4.16. The largest absolute Gasteiger partial charge is 0.454 e. The Balaban J connectivity index is 1.47. The van der Waals surface area contributed by atoms with Crippen molar-refractivity contribution in [3.8, 4) is 22.6 Å². The fourth-order valence-corrected chi connectivity index (χ4v) is 3.82. The summed E-state index contributed by atoms with van der Waals surface area (Å²) in [5, 5.41) is 0. The summed E-state index contributed by atoms with van der Waals surface area (Å²) < 4.78 is 25.9. The van der Waals surface area contributed by atoms with Crippen molar-refractivity contribution in [1.82, 2.24) is 9.97 Å². The number of primary amides is 1. The van der Waals surface area contributed by atoms with Gasteiger partial charge in [0.15, 0.2) is 11.6 Å². The van der Waals surface area contributed by atoms with Crippen molar-refractivity contribution in [3.63, 3.8) is 0 Å². The third-order valence-electron chi connectivity index (χ3n) is 5.50. The maximum atomic E-state index is 14.6. The Bertz CT molecular complexity index is 1340. The molecule has 7 nitrogen and oxygen atoms in total. The first-order valence-corrected chi connectivity index (χ1v) is 10.5. The second-order valence-corrected chi connectivity index (χ2v) is 7.64. The molecule has 0 bridgehead atoms. The standard InChI is InChI=1S/C25H21FN4O3/c26-20-7-5-16(18-3-1-2-4-19(18)25(27)31)13-23(20)33-17-6-8-21-22(14-17)29-24(15-28-21)30-9-11-32-12-10-30/h1-8,13-15H,9-12H2,(H2,27,31). The number of nitrogens with two attached hydrogens (primary N) is 1. The van der Waals surface area contributed by atoms with Gasteiger partial charge in [-0.15, -0.1) is 0 Å². The number of hydrogen-bond acceptors (Lipinski definition) is 6. The second kappa shape index (κ2) is 8.84. The summed E-state index contributed by atoms with van der Waals surface area (Å²) in [5.41, 5.74) is 8.43. The summed E-state index contributed by atoms with van der Waals surface area (Å²) in [5.74, 6) is 0.142. The average Bonchev–Trinajstić information content (AvgIpc) is 2.85. The minimum atomic E-state index is -0.554. The molecular formula is C25H21FN4O3. The molecule has 0 saturated carbocycles. The molecule has 2 heterocycles. The third-order valence-corrected chi connectivity index (χ3v) is 5.50. The number of rotatable bonds is 5. The van der Waals surface area contributed by atoms with Crippen LogP contribution in [0, 0.1) is 5.82 Å². The van der Waals surface area contributed by atoms with Gasteiger partial charge >= 0.3 is 0 Å². The van der Waals surface area contributed by atoms with Crippen LogP contribution in [0.25, 0.3) is 22.2 Å². The minimum Gasteiger partial charge on any atom is -0.454 e. The van der Waals surface area contributed by atoms with Crippen LogP contribution < -0.4 is 15.4 Å². The number of benzene rings is 3. The quantitative estimate of drug-likeness (QED) is 0.497. The number of fused-ring (bicyclic) bond motifs is 1. The van der Waals surface area contributed by atoms with Gasteiger partial charge in [-0.1, -0.05) is 24.3 Å². The number of anilines is 1. The van der Waals surface area contributed by atoms with E-state index in [0.29, 0.717) is 46.7 Å². The zero-order chi connectivity index (χ0) is 22.8. The number of amides is 1. The molecular weight excluding hydrogens is 423 g/mol. The van der Waals surface area contributed by atoms with Gasteiger partial charge in [-0.3, -0.25) is 9.78 Å². The highest BCUT2D eigenvalue weighted by Gasteiger charge is 2.15. The number of ether oxygens (including phenoxy) is 2. The van der Waals surface area contributed by atoms with Gasteiger partial charge in [0.1, 0.15) is 11.6 Å². The van der Waals surface area contributed by atoms with Gasteiger partial charge in [0.05, 0.1) is 30.4 Å². The smallest absolute Gasteiger partial charge is 0.249 e. The summed E-state index contributed by atoms with van der Waals surface area (Å²) in [7, 11) is 0. The summed E-state index contributed by atoms with van der Waals surface area (Å²) >= 11 is 0. The average molecular weight is 444 g/mol. The molecule has 1 saturated heterocycles. The topological polar surface area (TPSA) is 90.6 Å². The van der Waals surface area contributed by atoms with E-state index in [1.165, 1.54) is 6.07 Å². The SMILES string of the molecule is NC(=O)c1ccccc1-c1ccc(F)c(Oc2ccc3ncc(N4CCOCC4)nc3c2)c1. The Morgan fingerprint density at radius 3 is 2.67 bits per heavy atom. The lowest BCUT2D eigenvalue weighted by atomic mass is 9.99. The van der Waals surface area contributed by atoms with Crippen molar-refractivity contribution in [2.45, 2.75) is 0 Å². The van der Waals surface area contributed by atoms with Crippen molar-refractivity contribution < 1.29 is 18.7 Å². The normalized spacial score (nSPS) is 13.8. The Morgan fingerprint density at radius 1 is 1.03 bits per heavy atom. The molecule has 33 heavy (non-hydrogen) atoms. The number of aromatic nitrogens is 2. The molecule has 0 aliphatic carbocycles. The first-order chi connectivity index (χ1) is 16.1. The summed E-state index contributed by atoms with van der Waals surface area (Å²) in [4.78, 5) is 23.1. The number of carbonyl (C=O) groups is 1. The number of nitrogens with zero attached hydrogens (tertiary/aromatic N) is 3. The van der Waals surface area contributed by atoms with Gasteiger partial charge < -0.3 is 20.1 Å². The number of halogens is 1. The lowest BCUT2D eigenvalue weighted by Crippen LogP contribution is -2.36. The van der Waals surface area contributed by atoms with Crippen LogP contribution in [0.1, 0.15) is 10.4 Å². The van der Waals surface area contributed by atoms with E-state index in [9.17, 15) is 9.18 Å². The molecule has 1 amide bonds. The number of hydrogen-bond donors (Lipinski definition) is 1. The highest BCUT2D eigenvalue weighted by atomic mass is 19.1. The molecule has 3 aromatic carbocycles. The van der Waals surface area contributed by atoms with E-state index < -0.39 is 11.7 Å². The lowest BCUT2D eigenvalue weighted by Gasteiger charge is -2.27. The number of carbonyl (C=O) groups excluding carboxylic acids is 1. The predicted molar refractivity (Wildman–Crippen MR) is 123 cm³/mol. The number of morpholine rings is 1. The Morgan fingerprint density at radius 2 is 1.85 bits per heavy atom. The fraction of sp³-hybridized carbons (Fsp3) is 0.160. The van der Waals surface area contributed by atoms with Crippen LogP contribution in [0.3, 0.4) is 0 Å².